The van der Waals surface area contributed by atoms with Crippen molar-refractivity contribution in [1.29, 1.82) is 0 Å². The summed E-state index contributed by atoms with van der Waals surface area (Å²) in [7, 11) is -3.60. The Morgan fingerprint density at radius 3 is 2.35 bits per heavy atom. The molecule has 2 heterocycles. The van der Waals surface area contributed by atoms with Crippen molar-refractivity contribution >= 4 is 15.9 Å². The molecule has 1 aromatic rings. The van der Waals surface area contributed by atoms with Crippen LogP contribution in [-0.2, 0) is 14.8 Å². The van der Waals surface area contributed by atoms with Gasteiger partial charge in [0, 0.05) is 19.6 Å². The minimum atomic E-state index is -3.60. The van der Waals surface area contributed by atoms with Gasteiger partial charge in [-0.3, -0.25) is 4.79 Å². The van der Waals surface area contributed by atoms with Crippen molar-refractivity contribution in [3.8, 4) is 0 Å². The number of carbonyl (C=O) groups excluding carboxylic acids is 1. The lowest BCUT2D eigenvalue weighted by molar-refractivity contribution is -0.135. The van der Waals surface area contributed by atoms with Crippen molar-refractivity contribution in [2.24, 2.45) is 5.92 Å². The van der Waals surface area contributed by atoms with Gasteiger partial charge in [0.05, 0.1) is 4.90 Å². The second-order valence-electron chi connectivity index (χ2n) is 6.59. The van der Waals surface area contributed by atoms with E-state index in [9.17, 15) is 13.2 Å². The molecule has 0 radical (unpaired) electrons. The SMILES string of the molecule is CC1CCN(C(=O)[C@@H]2CCCN2S(=O)(=O)c2ccccc2)CC1. The molecule has 3 rings (SSSR count). The predicted octanol–water partition coefficient (Wildman–Crippen LogP) is 2.10. The first-order valence-electron chi connectivity index (χ1n) is 8.36. The first kappa shape index (κ1) is 16.5. The number of amides is 1. The van der Waals surface area contributed by atoms with Gasteiger partial charge >= 0.3 is 0 Å². The molecule has 5 nitrogen and oxygen atoms in total. The average Bonchev–Trinajstić information content (AvgIpc) is 3.06. The van der Waals surface area contributed by atoms with E-state index in [1.54, 1.807) is 30.3 Å². The first-order valence-corrected chi connectivity index (χ1v) is 9.80. The van der Waals surface area contributed by atoms with Crippen molar-refractivity contribution in [1.82, 2.24) is 9.21 Å². The van der Waals surface area contributed by atoms with E-state index in [4.69, 9.17) is 0 Å². The highest BCUT2D eigenvalue weighted by Crippen LogP contribution is 2.28. The van der Waals surface area contributed by atoms with E-state index in [1.807, 2.05) is 4.90 Å². The zero-order chi connectivity index (χ0) is 16.4. The number of piperidine rings is 1. The molecule has 6 heteroatoms. The maximum Gasteiger partial charge on any atom is 0.243 e. The molecular weight excluding hydrogens is 312 g/mol. The van der Waals surface area contributed by atoms with Crippen LogP contribution >= 0.6 is 0 Å². The Morgan fingerprint density at radius 2 is 1.70 bits per heavy atom. The van der Waals surface area contributed by atoms with Gasteiger partial charge in [-0.25, -0.2) is 8.42 Å². The van der Waals surface area contributed by atoms with E-state index in [1.165, 1.54) is 4.31 Å². The molecule has 0 saturated carbocycles. The molecule has 0 bridgehead atoms. The van der Waals surface area contributed by atoms with Crippen molar-refractivity contribution < 1.29 is 13.2 Å². The third-order valence-electron chi connectivity index (χ3n) is 4.93. The monoisotopic (exact) mass is 336 g/mol. The Kier molecular flexibility index (Phi) is 4.73. The summed E-state index contributed by atoms with van der Waals surface area (Å²) in [6.07, 6.45) is 3.37. The average molecular weight is 336 g/mol. The fourth-order valence-electron chi connectivity index (χ4n) is 3.44. The molecule has 0 aromatic heterocycles. The number of carbonyl (C=O) groups is 1. The maximum absolute atomic E-state index is 12.8. The number of rotatable bonds is 3. The second kappa shape index (κ2) is 6.61. The number of sulfonamides is 1. The third-order valence-corrected chi connectivity index (χ3v) is 6.86. The molecule has 2 saturated heterocycles. The summed E-state index contributed by atoms with van der Waals surface area (Å²) in [5.74, 6) is 0.626. The molecule has 23 heavy (non-hydrogen) atoms. The largest absolute Gasteiger partial charge is 0.341 e. The number of likely N-dealkylation sites (tertiary alicyclic amines) is 1. The van der Waals surface area contributed by atoms with E-state index < -0.39 is 16.1 Å². The van der Waals surface area contributed by atoms with Gasteiger partial charge in [0.25, 0.3) is 0 Å². The molecule has 0 unspecified atom stereocenters. The van der Waals surface area contributed by atoms with E-state index in [0.717, 1.165) is 32.4 Å². The van der Waals surface area contributed by atoms with E-state index in [0.29, 0.717) is 18.9 Å². The fourth-order valence-corrected chi connectivity index (χ4v) is 5.11. The second-order valence-corrected chi connectivity index (χ2v) is 8.49. The van der Waals surface area contributed by atoms with Crippen LogP contribution in [0.4, 0.5) is 0 Å². The van der Waals surface area contributed by atoms with Gasteiger partial charge in [-0.05, 0) is 43.7 Å². The van der Waals surface area contributed by atoms with Crippen LogP contribution < -0.4 is 0 Å². The van der Waals surface area contributed by atoms with Gasteiger partial charge in [0.2, 0.25) is 15.9 Å². The highest BCUT2D eigenvalue weighted by molar-refractivity contribution is 7.89. The van der Waals surface area contributed by atoms with E-state index in [2.05, 4.69) is 6.92 Å². The van der Waals surface area contributed by atoms with Crippen LogP contribution in [0.3, 0.4) is 0 Å². The molecule has 0 aliphatic carbocycles. The number of hydrogen-bond donors (Lipinski definition) is 0. The molecule has 0 spiro atoms. The summed E-state index contributed by atoms with van der Waals surface area (Å²) in [4.78, 5) is 14.9. The van der Waals surface area contributed by atoms with Crippen LogP contribution in [0.2, 0.25) is 0 Å². The minimum Gasteiger partial charge on any atom is -0.341 e. The van der Waals surface area contributed by atoms with Crippen molar-refractivity contribution in [3.63, 3.8) is 0 Å². The quantitative estimate of drug-likeness (QED) is 0.849. The predicted molar refractivity (Wildman–Crippen MR) is 88.3 cm³/mol. The van der Waals surface area contributed by atoms with Gasteiger partial charge in [-0.15, -0.1) is 0 Å². The van der Waals surface area contributed by atoms with Crippen LogP contribution in [0, 0.1) is 5.92 Å². The molecule has 2 aliphatic heterocycles. The lowest BCUT2D eigenvalue weighted by Gasteiger charge is -2.34. The topological polar surface area (TPSA) is 57.7 Å². The number of hydrogen-bond acceptors (Lipinski definition) is 3. The van der Waals surface area contributed by atoms with Crippen LogP contribution in [0.1, 0.15) is 32.6 Å². The normalized spacial score (nSPS) is 24.0. The molecule has 2 fully saturated rings. The zero-order valence-corrected chi connectivity index (χ0v) is 14.3. The van der Waals surface area contributed by atoms with E-state index >= 15 is 0 Å². The van der Waals surface area contributed by atoms with Crippen LogP contribution in [0.25, 0.3) is 0 Å². The summed E-state index contributed by atoms with van der Waals surface area (Å²) in [5, 5.41) is 0. The third kappa shape index (κ3) is 3.28. The first-order chi connectivity index (χ1) is 11.0. The Morgan fingerprint density at radius 1 is 1.04 bits per heavy atom. The summed E-state index contributed by atoms with van der Waals surface area (Å²) >= 11 is 0. The smallest absolute Gasteiger partial charge is 0.243 e. The fraction of sp³-hybridized carbons (Fsp3) is 0.588. The minimum absolute atomic E-state index is 0.0195. The van der Waals surface area contributed by atoms with Crippen LogP contribution in [-0.4, -0.2) is 49.2 Å². The maximum atomic E-state index is 12.8. The number of nitrogens with zero attached hydrogens (tertiary/aromatic N) is 2. The Hall–Kier alpha value is -1.40. The van der Waals surface area contributed by atoms with Gasteiger partial charge < -0.3 is 4.90 Å². The Labute approximate surface area is 138 Å². The van der Waals surface area contributed by atoms with Gasteiger partial charge in [-0.1, -0.05) is 25.1 Å². The summed E-state index contributed by atoms with van der Waals surface area (Å²) < 4.78 is 27.1. The van der Waals surface area contributed by atoms with Gasteiger partial charge in [0.1, 0.15) is 6.04 Å². The van der Waals surface area contributed by atoms with Crippen LogP contribution in [0.15, 0.2) is 35.2 Å². The summed E-state index contributed by atoms with van der Waals surface area (Å²) in [6.45, 7) is 4.12. The lowest BCUT2D eigenvalue weighted by Crippen LogP contribution is -2.49. The zero-order valence-electron chi connectivity index (χ0n) is 13.5. The number of benzene rings is 1. The summed E-state index contributed by atoms with van der Waals surface area (Å²) in [6, 6.07) is 7.88. The lowest BCUT2D eigenvalue weighted by atomic mass is 9.98. The highest BCUT2D eigenvalue weighted by Gasteiger charge is 2.41. The molecule has 0 N–H and O–H groups in total. The molecule has 1 amide bonds. The molecule has 2 aliphatic rings. The molecular formula is C17H24N2O3S. The Balaban J connectivity index is 1.79. The summed E-state index contributed by atoms with van der Waals surface area (Å²) in [5.41, 5.74) is 0. The van der Waals surface area contributed by atoms with Gasteiger partial charge in [-0.2, -0.15) is 4.31 Å². The standard InChI is InChI=1S/C17H24N2O3S/c1-14-9-12-18(13-10-14)17(20)16-8-5-11-19(16)23(21,22)15-6-3-2-4-7-15/h2-4,6-7,14,16H,5,8-13H2,1H3/t16-/m0/s1. The van der Waals surface area contributed by atoms with Crippen molar-refractivity contribution in [2.75, 3.05) is 19.6 Å². The van der Waals surface area contributed by atoms with Gasteiger partial charge in [0.15, 0.2) is 0 Å². The van der Waals surface area contributed by atoms with Crippen LogP contribution in [0.5, 0.6) is 0 Å². The molecule has 126 valence electrons. The highest BCUT2D eigenvalue weighted by atomic mass is 32.2. The molecule has 1 aromatic carbocycles. The van der Waals surface area contributed by atoms with Crippen molar-refractivity contribution in [3.05, 3.63) is 30.3 Å². The van der Waals surface area contributed by atoms with Crippen molar-refractivity contribution in [2.45, 2.75) is 43.5 Å². The Bertz CT molecular complexity index is 652. The van der Waals surface area contributed by atoms with E-state index in [-0.39, 0.29) is 10.8 Å². The molecule has 1 atom stereocenters.